The number of hydrogen-bond acceptors (Lipinski definition) is 4. The molecule has 0 aliphatic heterocycles. The summed E-state index contributed by atoms with van der Waals surface area (Å²) in [5, 5.41) is 11.3. The molecule has 0 fully saturated rings. The van der Waals surface area contributed by atoms with E-state index < -0.39 is 10.0 Å². The van der Waals surface area contributed by atoms with Crippen LogP contribution >= 0.6 is 23.2 Å². The fourth-order valence-electron chi connectivity index (χ4n) is 2.03. The fraction of sp³-hybridized carbons (Fsp3) is 0.312. The second-order valence-electron chi connectivity index (χ2n) is 5.39. The number of nitrogens with two attached hydrogens (primary N) is 1. The van der Waals surface area contributed by atoms with Crippen molar-refractivity contribution < 1.29 is 13.2 Å². The predicted octanol–water partition coefficient (Wildman–Crippen LogP) is 3.68. The van der Waals surface area contributed by atoms with E-state index in [1.165, 1.54) is 6.08 Å². The molecule has 0 saturated carbocycles. The van der Waals surface area contributed by atoms with Gasteiger partial charge >= 0.3 is 0 Å². The molecule has 0 amide bonds. The van der Waals surface area contributed by atoms with Gasteiger partial charge in [-0.3, -0.25) is 4.68 Å². The van der Waals surface area contributed by atoms with Crippen molar-refractivity contribution in [1.82, 2.24) is 9.78 Å². The maximum Gasteiger partial charge on any atom is 0.233 e. The molecule has 0 saturated heterocycles. The third-order valence-electron chi connectivity index (χ3n) is 3.30. The highest BCUT2D eigenvalue weighted by atomic mass is 35.5. The zero-order valence-electron chi connectivity index (χ0n) is 13.7. The van der Waals surface area contributed by atoms with Crippen LogP contribution in [0.1, 0.15) is 31.0 Å². The minimum atomic E-state index is -3.74. The average Bonchev–Trinajstić information content (AvgIpc) is 2.90. The fourth-order valence-corrected chi connectivity index (χ4v) is 2.83. The Morgan fingerprint density at radius 2 is 2.08 bits per heavy atom. The Morgan fingerprint density at radius 3 is 2.72 bits per heavy atom. The number of nitrogens with zero attached hydrogens (tertiary/aromatic N) is 2. The molecule has 9 heteroatoms. The zero-order chi connectivity index (χ0) is 18.4. The third kappa shape index (κ3) is 6.36. The first-order chi connectivity index (χ1) is 11.8. The van der Waals surface area contributed by atoms with Crippen LogP contribution in [-0.4, -0.2) is 24.8 Å². The largest absolute Gasteiger partial charge is 0.477 e. The molecule has 2 N–H and O–H groups in total. The van der Waals surface area contributed by atoms with Gasteiger partial charge in [0.15, 0.2) is 0 Å². The Labute approximate surface area is 157 Å². The number of halogens is 2. The van der Waals surface area contributed by atoms with Gasteiger partial charge in [0.2, 0.25) is 15.9 Å². The number of hydrogen-bond donors (Lipinski definition) is 1. The summed E-state index contributed by atoms with van der Waals surface area (Å²) in [6.07, 6.45) is 3.27. The third-order valence-corrected chi connectivity index (χ3v) is 4.40. The Kier molecular flexibility index (Phi) is 6.89. The Balaban J connectivity index is 2.30. The van der Waals surface area contributed by atoms with Crippen LogP contribution < -0.4 is 9.88 Å². The lowest BCUT2D eigenvalue weighted by Gasteiger charge is -2.07. The Hall–Kier alpha value is -1.54. The van der Waals surface area contributed by atoms with Crippen molar-refractivity contribution in [3.05, 3.63) is 51.0 Å². The number of primary sulfonamides is 1. The van der Waals surface area contributed by atoms with Gasteiger partial charge in [0, 0.05) is 21.5 Å². The lowest BCUT2D eigenvalue weighted by Crippen LogP contribution is -2.08. The summed E-state index contributed by atoms with van der Waals surface area (Å²) in [4.78, 5) is 0. The highest BCUT2D eigenvalue weighted by Crippen LogP contribution is 2.23. The first-order valence-corrected chi connectivity index (χ1v) is 10.0. The minimum absolute atomic E-state index is 0.331. The van der Waals surface area contributed by atoms with Crippen molar-refractivity contribution in [2.75, 3.05) is 6.61 Å². The number of benzene rings is 1. The van der Waals surface area contributed by atoms with E-state index in [-0.39, 0.29) is 0 Å². The molecular formula is C16H19Cl2N3O3S. The lowest BCUT2D eigenvalue weighted by molar-refractivity contribution is 0.294. The summed E-state index contributed by atoms with van der Waals surface area (Å²) in [6, 6.07) is 6.81. The van der Waals surface area contributed by atoms with E-state index >= 15 is 0 Å². The number of aromatic nitrogens is 2. The van der Waals surface area contributed by atoms with Crippen molar-refractivity contribution in [1.29, 1.82) is 0 Å². The second-order valence-corrected chi connectivity index (χ2v) is 7.69. The molecule has 1 aromatic carbocycles. The summed E-state index contributed by atoms with van der Waals surface area (Å²) in [7, 11) is -3.74. The molecule has 136 valence electrons. The molecule has 2 aromatic rings. The van der Waals surface area contributed by atoms with E-state index in [2.05, 4.69) is 12.0 Å². The van der Waals surface area contributed by atoms with Gasteiger partial charge in [0.1, 0.15) is 0 Å². The molecule has 25 heavy (non-hydrogen) atoms. The topological polar surface area (TPSA) is 87.2 Å². The molecule has 2 rings (SSSR count). The molecule has 0 bridgehead atoms. The maximum atomic E-state index is 11.2. The highest BCUT2D eigenvalue weighted by molar-refractivity contribution is 7.92. The van der Waals surface area contributed by atoms with E-state index in [0.717, 1.165) is 23.8 Å². The van der Waals surface area contributed by atoms with Crippen LogP contribution in [0.3, 0.4) is 0 Å². The van der Waals surface area contributed by atoms with E-state index in [9.17, 15) is 8.42 Å². The van der Waals surface area contributed by atoms with E-state index in [1.807, 2.05) is 0 Å². The molecule has 1 heterocycles. The van der Waals surface area contributed by atoms with Gasteiger partial charge < -0.3 is 4.74 Å². The van der Waals surface area contributed by atoms with E-state index in [0.29, 0.717) is 34.8 Å². The van der Waals surface area contributed by atoms with E-state index in [1.54, 1.807) is 28.9 Å². The Morgan fingerprint density at radius 1 is 1.32 bits per heavy atom. The molecule has 0 atom stereocenters. The number of sulfonamides is 1. The number of ether oxygens (including phenoxy) is 1. The average molecular weight is 404 g/mol. The molecular weight excluding hydrogens is 385 g/mol. The normalized spacial score (nSPS) is 12.0. The summed E-state index contributed by atoms with van der Waals surface area (Å²) in [5.41, 5.74) is 1.33. The molecule has 0 unspecified atom stereocenters. The van der Waals surface area contributed by atoms with Crippen molar-refractivity contribution in [2.45, 2.75) is 26.3 Å². The van der Waals surface area contributed by atoms with Crippen LogP contribution in [0, 0.1) is 0 Å². The van der Waals surface area contributed by atoms with Crippen molar-refractivity contribution in [3.8, 4) is 5.88 Å². The van der Waals surface area contributed by atoms with Gasteiger partial charge in [-0.1, -0.05) is 42.6 Å². The molecule has 0 aliphatic rings. The van der Waals surface area contributed by atoms with Gasteiger partial charge in [-0.25, -0.2) is 13.6 Å². The van der Waals surface area contributed by atoms with Crippen LogP contribution in [0.5, 0.6) is 5.88 Å². The molecule has 0 aliphatic carbocycles. The maximum absolute atomic E-state index is 11.2. The zero-order valence-corrected chi connectivity index (χ0v) is 16.0. The molecule has 0 radical (unpaired) electrons. The van der Waals surface area contributed by atoms with Crippen LogP contribution in [0.2, 0.25) is 10.0 Å². The summed E-state index contributed by atoms with van der Waals surface area (Å²) in [5.74, 6) is 0.410. The molecule has 6 nitrogen and oxygen atoms in total. The van der Waals surface area contributed by atoms with Crippen LogP contribution in [-0.2, 0) is 16.6 Å². The van der Waals surface area contributed by atoms with Crippen LogP contribution in [0.15, 0.2) is 29.7 Å². The van der Waals surface area contributed by atoms with Gasteiger partial charge in [0.25, 0.3) is 0 Å². The second kappa shape index (κ2) is 8.71. The van der Waals surface area contributed by atoms with Crippen molar-refractivity contribution >= 4 is 39.3 Å². The lowest BCUT2D eigenvalue weighted by atomic mass is 10.2. The minimum Gasteiger partial charge on any atom is -0.477 e. The smallest absolute Gasteiger partial charge is 0.233 e. The molecule has 0 spiro atoms. The summed E-state index contributed by atoms with van der Waals surface area (Å²) >= 11 is 12.1. The number of rotatable bonds is 8. The van der Waals surface area contributed by atoms with E-state index in [4.69, 9.17) is 33.1 Å². The first-order valence-electron chi connectivity index (χ1n) is 7.64. The predicted molar refractivity (Wildman–Crippen MR) is 100 cm³/mol. The van der Waals surface area contributed by atoms with Gasteiger partial charge in [-0.05, 0) is 30.2 Å². The monoisotopic (exact) mass is 403 g/mol. The van der Waals surface area contributed by atoms with Gasteiger partial charge in [-0.2, -0.15) is 0 Å². The Bertz CT molecular complexity index is 864. The van der Waals surface area contributed by atoms with Crippen molar-refractivity contribution in [3.63, 3.8) is 0 Å². The summed E-state index contributed by atoms with van der Waals surface area (Å²) in [6.45, 7) is 2.93. The molecule has 1 aromatic heterocycles. The number of unbranched alkanes of at least 4 members (excludes halogenated alkanes) is 1. The van der Waals surface area contributed by atoms with Gasteiger partial charge in [0.05, 0.1) is 18.8 Å². The SMILES string of the molecule is CCCCOc1cc(/C=C/S(N)(=O)=O)n(Cc2ccc(Cl)cc2Cl)n1. The summed E-state index contributed by atoms with van der Waals surface area (Å²) < 4.78 is 29.5. The van der Waals surface area contributed by atoms with Crippen LogP contribution in [0.4, 0.5) is 0 Å². The quantitative estimate of drug-likeness (QED) is 0.680. The van der Waals surface area contributed by atoms with Crippen molar-refractivity contribution in [2.24, 2.45) is 5.14 Å². The first kappa shape index (κ1) is 19.8. The highest BCUT2D eigenvalue weighted by Gasteiger charge is 2.10. The van der Waals surface area contributed by atoms with Crippen LogP contribution in [0.25, 0.3) is 6.08 Å². The van der Waals surface area contributed by atoms with Gasteiger partial charge in [-0.15, -0.1) is 5.10 Å². The standard InChI is InChI=1S/C16H19Cl2N3O3S/c1-2-3-7-24-16-10-14(6-8-25(19,22)23)21(20-16)11-12-4-5-13(17)9-15(12)18/h4-6,8-10H,2-3,7,11H2,1H3,(H2,19,22,23)/b8-6+.